The minimum absolute atomic E-state index is 0.400. The average molecular weight is 133 g/mol. The third kappa shape index (κ3) is 2.90. The minimum Gasteiger partial charge on any atom is -0.378 e. The van der Waals surface area contributed by atoms with Gasteiger partial charge in [-0.15, -0.1) is 18.0 Å². The summed E-state index contributed by atoms with van der Waals surface area (Å²) in [6.07, 6.45) is 5.38. The number of aliphatic hydroxyl groups is 1. The molecule has 8 heavy (non-hydrogen) atoms. The van der Waals surface area contributed by atoms with Crippen LogP contribution >= 0.6 is 11.6 Å². The fourth-order valence-electron chi connectivity index (χ4n) is 0.256. The largest absolute Gasteiger partial charge is 0.378 e. The standard InChI is InChI=1S/C6H9ClO/c1-3-6(2,8)4-5-7/h1,8H,4-5H2,2H3. The molecule has 0 bridgehead atoms. The molecule has 0 radical (unpaired) electrons. The van der Waals surface area contributed by atoms with Crippen molar-refractivity contribution in [1.82, 2.24) is 0 Å². The highest BCUT2D eigenvalue weighted by molar-refractivity contribution is 6.17. The molecule has 0 aromatic heterocycles. The molecule has 0 rings (SSSR count). The molecule has 1 unspecified atom stereocenters. The van der Waals surface area contributed by atoms with Gasteiger partial charge in [0, 0.05) is 12.3 Å². The Morgan fingerprint density at radius 3 is 2.50 bits per heavy atom. The molecule has 46 valence electrons. The average Bonchev–Trinajstić information content (AvgIpc) is 1.67. The van der Waals surface area contributed by atoms with Crippen molar-refractivity contribution in [3.05, 3.63) is 0 Å². The van der Waals surface area contributed by atoms with Crippen molar-refractivity contribution < 1.29 is 5.11 Å². The molecule has 0 saturated carbocycles. The van der Waals surface area contributed by atoms with Crippen LogP contribution in [-0.2, 0) is 0 Å². The zero-order chi connectivity index (χ0) is 6.62. The summed E-state index contributed by atoms with van der Waals surface area (Å²) in [6, 6.07) is 0. The second-order valence-electron chi connectivity index (χ2n) is 1.86. The van der Waals surface area contributed by atoms with E-state index in [1.807, 2.05) is 0 Å². The molecule has 1 atom stereocenters. The Morgan fingerprint density at radius 1 is 1.88 bits per heavy atom. The second-order valence-corrected chi connectivity index (χ2v) is 2.24. The van der Waals surface area contributed by atoms with Gasteiger partial charge in [-0.1, -0.05) is 5.92 Å². The van der Waals surface area contributed by atoms with Crippen molar-refractivity contribution in [3.63, 3.8) is 0 Å². The zero-order valence-electron chi connectivity index (χ0n) is 4.82. The lowest BCUT2D eigenvalue weighted by molar-refractivity contribution is 0.119. The van der Waals surface area contributed by atoms with Crippen molar-refractivity contribution in [2.75, 3.05) is 5.88 Å². The van der Waals surface area contributed by atoms with Crippen LogP contribution in [0.4, 0.5) is 0 Å². The number of halogens is 1. The van der Waals surface area contributed by atoms with Crippen LogP contribution in [-0.4, -0.2) is 16.6 Å². The van der Waals surface area contributed by atoms with E-state index in [0.29, 0.717) is 12.3 Å². The zero-order valence-corrected chi connectivity index (χ0v) is 5.57. The maximum atomic E-state index is 9.00. The van der Waals surface area contributed by atoms with Crippen molar-refractivity contribution >= 4 is 11.6 Å². The Labute approximate surface area is 54.7 Å². The first-order valence-corrected chi connectivity index (χ1v) is 2.92. The third-order valence-electron chi connectivity index (χ3n) is 0.892. The quantitative estimate of drug-likeness (QED) is 0.439. The molecule has 0 aromatic carbocycles. The molecular weight excluding hydrogens is 124 g/mol. The maximum Gasteiger partial charge on any atom is 0.123 e. The predicted octanol–water partition coefficient (Wildman–Crippen LogP) is 1.000. The van der Waals surface area contributed by atoms with Crippen LogP contribution in [0.2, 0.25) is 0 Å². The smallest absolute Gasteiger partial charge is 0.123 e. The molecule has 0 aliphatic carbocycles. The fourth-order valence-corrected chi connectivity index (χ4v) is 0.624. The van der Waals surface area contributed by atoms with Gasteiger partial charge >= 0.3 is 0 Å². The van der Waals surface area contributed by atoms with Gasteiger partial charge in [0.1, 0.15) is 5.60 Å². The summed E-state index contributed by atoms with van der Waals surface area (Å²) in [4.78, 5) is 0. The van der Waals surface area contributed by atoms with E-state index in [1.54, 1.807) is 6.92 Å². The molecule has 0 fully saturated rings. The van der Waals surface area contributed by atoms with Crippen LogP contribution in [0, 0.1) is 12.3 Å². The Morgan fingerprint density at radius 2 is 2.38 bits per heavy atom. The first-order chi connectivity index (χ1) is 3.62. The van der Waals surface area contributed by atoms with E-state index < -0.39 is 5.60 Å². The summed E-state index contributed by atoms with van der Waals surface area (Å²) in [5.41, 5.74) is -1.01. The van der Waals surface area contributed by atoms with Crippen LogP contribution in [0.1, 0.15) is 13.3 Å². The van der Waals surface area contributed by atoms with Gasteiger partial charge in [-0.2, -0.15) is 0 Å². The van der Waals surface area contributed by atoms with E-state index >= 15 is 0 Å². The Kier molecular flexibility index (Phi) is 2.89. The summed E-state index contributed by atoms with van der Waals surface area (Å²) >= 11 is 5.31. The van der Waals surface area contributed by atoms with Gasteiger partial charge in [0.15, 0.2) is 0 Å². The molecule has 1 nitrogen and oxygen atoms in total. The van der Waals surface area contributed by atoms with Gasteiger partial charge in [-0.05, 0) is 6.92 Å². The molecular formula is C6H9ClO. The summed E-state index contributed by atoms with van der Waals surface area (Å²) < 4.78 is 0. The van der Waals surface area contributed by atoms with Gasteiger partial charge < -0.3 is 5.11 Å². The van der Waals surface area contributed by atoms with Gasteiger partial charge in [0.05, 0.1) is 0 Å². The highest BCUT2D eigenvalue weighted by Gasteiger charge is 2.13. The molecule has 0 spiro atoms. The highest BCUT2D eigenvalue weighted by Crippen LogP contribution is 2.06. The topological polar surface area (TPSA) is 20.2 Å². The molecule has 0 aliphatic rings. The molecule has 0 heterocycles. The lowest BCUT2D eigenvalue weighted by atomic mass is 10.1. The van der Waals surface area contributed by atoms with Gasteiger partial charge in [0.25, 0.3) is 0 Å². The van der Waals surface area contributed by atoms with E-state index in [1.165, 1.54) is 0 Å². The first-order valence-electron chi connectivity index (χ1n) is 2.38. The minimum atomic E-state index is -1.01. The van der Waals surface area contributed by atoms with E-state index in [4.69, 9.17) is 23.1 Å². The number of rotatable bonds is 2. The summed E-state index contributed by atoms with van der Waals surface area (Å²) in [7, 11) is 0. The monoisotopic (exact) mass is 132 g/mol. The van der Waals surface area contributed by atoms with E-state index in [0.717, 1.165) is 0 Å². The first kappa shape index (κ1) is 7.81. The molecule has 0 saturated heterocycles. The molecule has 1 N–H and O–H groups in total. The lowest BCUT2D eigenvalue weighted by Gasteiger charge is -2.12. The normalized spacial score (nSPS) is 16.8. The number of terminal acetylenes is 1. The summed E-state index contributed by atoms with van der Waals surface area (Å²) in [5, 5.41) is 9.00. The molecule has 0 amide bonds. The number of hydrogen-bond donors (Lipinski definition) is 1. The Balaban J connectivity index is 3.59. The van der Waals surface area contributed by atoms with Crippen LogP contribution in [0.3, 0.4) is 0 Å². The fraction of sp³-hybridized carbons (Fsp3) is 0.667. The second kappa shape index (κ2) is 2.96. The van der Waals surface area contributed by atoms with Gasteiger partial charge in [-0.3, -0.25) is 0 Å². The SMILES string of the molecule is C#CC(C)(O)CCCl. The predicted molar refractivity (Wildman–Crippen MR) is 34.8 cm³/mol. The molecule has 2 heteroatoms. The Hall–Kier alpha value is -0.190. The lowest BCUT2D eigenvalue weighted by Crippen LogP contribution is -2.21. The van der Waals surface area contributed by atoms with Crippen molar-refractivity contribution in [3.8, 4) is 12.3 Å². The van der Waals surface area contributed by atoms with E-state index in [-0.39, 0.29) is 0 Å². The van der Waals surface area contributed by atoms with Crippen molar-refractivity contribution in [1.29, 1.82) is 0 Å². The van der Waals surface area contributed by atoms with Gasteiger partial charge in [-0.25, -0.2) is 0 Å². The van der Waals surface area contributed by atoms with E-state index in [2.05, 4.69) is 5.92 Å². The number of hydrogen-bond acceptors (Lipinski definition) is 1. The van der Waals surface area contributed by atoms with E-state index in [9.17, 15) is 0 Å². The number of alkyl halides is 1. The van der Waals surface area contributed by atoms with Crippen LogP contribution in [0.25, 0.3) is 0 Å². The Bertz CT molecular complexity index is 102. The summed E-state index contributed by atoms with van der Waals surface area (Å²) in [6.45, 7) is 1.56. The maximum absolute atomic E-state index is 9.00. The van der Waals surface area contributed by atoms with Gasteiger partial charge in [0.2, 0.25) is 0 Å². The van der Waals surface area contributed by atoms with Crippen LogP contribution in [0.15, 0.2) is 0 Å². The van der Waals surface area contributed by atoms with Crippen LogP contribution < -0.4 is 0 Å². The molecule has 0 aromatic rings. The van der Waals surface area contributed by atoms with Crippen molar-refractivity contribution in [2.45, 2.75) is 18.9 Å². The highest BCUT2D eigenvalue weighted by atomic mass is 35.5. The summed E-state index contributed by atoms with van der Waals surface area (Å²) in [5.74, 6) is 2.61. The molecule has 0 aliphatic heterocycles. The van der Waals surface area contributed by atoms with Crippen LogP contribution in [0.5, 0.6) is 0 Å². The third-order valence-corrected chi connectivity index (χ3v) is 1.08. The van der Waals surface area contributed by atoms with Crippen molar-refractivity contribution in [2.24, 2.45) is 0 Å².